The molecule has 2 aromatic carbocycles. The SMILES string of the molecule is Cc1ccc(NS(=O)(=O)c2cc3[nH]c(=O)c(=O)[nH]c3cc2C)cc1C. The topological polar surface area (TPSA) is 112 Å². The Labute approximate surface area is 143 Å². The molecule has 0 radical (unpaired) electrons. The lowest BCUT2D eigenvalue weighted by atomic mass is 10.1. The van der Waals surface area contributed by atoms with E-state index in [1.54, 1.807) is 19.1 Å². The van der Waals surface area contributed by atoms with Gasteiger partial charge in [-0.05, 0) is 61.7 Å². The molecule has 3 rings (SSSR count). The van der Waals surface area contributed by atoms with Crippen molar-refractivity contribution in [2.75, 3.05) is 4.72 Å². The molecule has 0 amide bonds. The number of rotatable bonds is 3. The van der Waals surface area contributed by atoms with Crippen LogP contribution < -0.4 is 15.8 Å². The number of sulfonamides is 1. The number of hydrogen-bond acceptors (Lipinski definition) is 4. The van der Waals surface area contributed by atoms with Gasteiger partial charge in [-0.25, -0.2) is 8.42 Å². The number of aromatic amines is 2. The number of nitrogens with one attached hydrogen (secondary N) is 3. The predicted octanol–water partition coefficient (Wildman–Crippen LogP) is 1.94. The summed E-state index contributed by atoms with van der Waals surface area (Å²) >= 11 is 0. The highest BCUT2D eigenvalue weighted by Crippen LogP contribution is 2.23. The Hall–Kier alpha value is -2.87. The van der Waals surface area contributed by atoms with Crippen molar-refractivity contribution in [2.24, 2.45) is 0 Å². The third kappa shape index (κ3) is 3.20. The fraction of sp³-hybridized carbons (Fsp3) is 0.176. The summed E-state index contributed by atoms with van der Waals surface area (Å²) in [4.78, 5) is 27.7. The van der Waals surface area contributed by atoms with Crippen LogP contribution in [0.5, 0.6) is 0 Å². The molecule has 0 aliphatic carbocycles. The maximum Gasteiger partial charge on any atom is 0.314 e. The van der Waals surface area contributed by atoms with E-state index < -0.39 is 21.1 Å². The molecule has 3 N–H and O–H groups in total. The van der Waals surface area contributed by atoms with Crippen molar-refractivity contribution in [3.8, 4) is 0 Å². The van der Waals surface area contributed by atoms with Crippen LogP contribution in [0.25, 0.3) is 11.0 Å². The monoisotopic (exact) mass is 359 g/mol. The minimum absolute atomic E-state index is 0.0286. The van der Waals surface area contributed by atoms with Crippen molar-refractivity contribution in [1.82, 2.24) is 9.97 Å². The molecule has 0 bridgehead atoms. The smallest absolute Gasteiger partial charge is 0.314 e. The molecule has 1 heterocycles. The molecule has 0 unspecified atom stereocenters. The molecule has 0 aliphatic heterocycles. The van der Waals surface area contributed by atoms with Gasteiger partial charge < -0.3 is 9.97 Å². The van der Waals surface area contributed by atoms with Gasteiger partial charge in [-0.15, -0.1) is 0 Å². The lowest BCUT2D eigenvalue weighted by molar-refractivity contribution is 0.600. The Morgan fingerprint density at radius 2 is 1.40 bits per heavy atom. The molecule has 130 valence electrons. The molecule has 0 aliphatic rings. The van der Waals surface area contributed by atoms with E-state index in [2.05, 4.69) is 14.7 Å². The highest BCUT2D eigenvalue weighted by Gasteiger charge is 2.19. The van der Waals surface area contributed by atoms with Crippen LogP contribution in [0, 0.1) is 20.8 Å². The maximum absolute atomic E-state index is 12.7. The predicted molar refractivity (Wildman–Crippen MR) is 96.7 cm³/mol. The lowest BCUT2D eigenvalue weighted by Crippen LogP contribution is -2.29. The molecule has 8 heteroatoms. The van der Waals surface area contributed by atoms with Crippen LogP contribution in [0.15, 0.2) is 44.8 Å². The summed E-state index contributed by atoms with van der Waals surface area (Å²) in [6.07, 6.45) is 0. The summed E-state index contributed by atoms with van der Waals surface area (Å²) in [5.74, 6) is 0. The molecule has 3 aromatic rings. The standard InChI is InChI=1S/C17H17N3O4S/c1-9-4-5-12(6-10(9)2)20-25(23,24)15-8-14-13(7-11(15)3)18-16(21)17(22)19-14/h4-8,20H,1-3H3,(H,18,21)(H,19,22). The first-order valence-corrected chi connectivity index (χ1v) is 9.03. The number of fused-ring (bicyclic) bond motifs is 1. The molecular formula is C17H17N3O4S. The Kier molecular flexibility index (Phi) is 4.00. The van der Waals surface area contributed by atoms with Crippen molar-refractivity contribution >= 4 is 26.7 Å². The summed E-state index contributed by atoms with van der Waals surface area (Å²) in [5.41, 5.74) is 1.94. The molecule has 0 atom stereocenters. The van der Waals surface area contributed by atoms with Crippen molar-refractivity contribution in [3.63, 3.8) is 0 Å². The Morgan fingerprint density at radius 1 is 0.800 bits per heavy atom. The van der Waals surface area contributed by atoms with Gasteiger partial charge in [-0.3, -0.25) is 14.3 Å². The van der Waals surface area contributed by atoms with Crippen molar-refractivity contribution in [2.45, 2.75) is 25.7 Å². The van der Waals surface area contributed by atoms with Gasteiger partial charge in [0.1, 0.15) is 0 Å². The summed E-state index contributed by atoms with van der Waals surface area (Å²) in [5, 5.41) is 0. The van der Waals surface area contributed by atoms with Crippen LogP contribution in [0.3, 0.4) is 0 Å². The maximum atomic E-state index is 12.7. The molecule has 0 fully saturated rings. The van der Waals surface area contributed by atoms with E-state index in [1.165, 1.54) is 12.1 Å². The second-order valence-electron chi connectivity index (χ2n) is 5.98. The lowest BCUT2D eigenvalue weighted by Gasteiger charge is -2.12. The second-order valence-corrected chi connectivity index (χ2v) is 7.63. The van der Waals surface area contributed by atoms with Gasteiger partial charge in [0, 0.05) is 5.69 Å². The fourth-order valence-corrected chi connectivity index (χ4v) is 3.86. The molecule has 7 nitrogen and oxygen atoms in total. The number of benzene rings is 2. The number of aromatic nitrogens is 2. The van der Waals surface area contributed by atoms with E-state index in [0.717, 1.165) is 11.1 Å². The van der Waals surface area contributed by atoms with Crippen LogP contribution in [-0.2, 0) is 10.0 Å². The Balaban J connectivity index is 2.11. The minimum atomic E-state index is -3.85. The van der Waals surface area contributed by atoms with E-state index in [4.69, 9.17) is 0 Å². The first-order valence-electron chi connectivity index (χ1n) is 7.54. The van der Waals surface area contributed by atoms with Gasteiger partial charge >= 0.3 is 11.1 Å². The summed E-state index contributed by atoms with van der Waals surface area (Å²) in [6.45, 7) is 5.46. The van der Waals surface area contributed by atoms with E-state index in [0.29, 0.717) is 16.8 Å². The average molecular weight is 359 g/mol. The minimum Gasteiger partial charge on any atom is -0.316 e. The molecule has 0 saturated heterocycles. The van der Waals surface area contributed by atoms with Crippen molar-refractivity contribution in [1.29, 1.82) is 0 Å². The van der Waals surface area contributed by atoms with Crippen LogP contribution in [0.2, 0.25) is 0 Å². The molecule has 0 spiro atoms. The largest absolute Gasteiger partial charge is 0.316 e. The normalized spacial score (nSPS) is 11.6. The van der Waals surface area contributed by atoms with Crippen LogP contribution >= 0.6 is 0 Å². The highest BCUT2D eigenvalue weighted by atomic mass is 32.2. The first kappa shape index (κ1) is 17.0. The molecule has 25 heavy (non-hydrogen) atoms. The fourth-order valence-electron chi connectivity index (χ4n) is 2.56. The highest BCUT2D eigenvalue weighted by molar-refractivity contribution is 7.92. The van der Waals surface area contributed by atoms with Crippen LogP contribution in [-0.4, -0.2) is 18.4 Å². The number of aryl methyl sites for hydroxylation is 3. The Bertz CT molecular complexity index is 1210. The Morgan fingerprint density at radius 3 is 2.00 bits per heavy atom. The first-order chi connectivity index (χ1) is 11.7. The second kappa shape index (κ2) is 5.89. The van der Waals surface area contributed by atoms with Gasteiger partial charge in [0.05, 0.1) is 15.9 Å². The van der Waals surface area contributed by atoms with Crippen molar-refractivity contribution in [3.05, 3.63) is 67.7 Å². The average Bonchev–Trinajstić information content (AvgIpc) is 2.51. The van der Waals surface area contributed by atoms with E-state index in [-0.39, 0.29) is 10.4 Å². The van der Waals surface area contributed by atoms with Gasteiger partial charge in [0.25, 0.3) is 10.0 Å². The van der Waals surface area contributed by atoms with E-state index in [1.807, 2.05) is 19.9 Å². The molecule has 0 saturated carbocycles. The van der Waals surface area contributed by atoms with Gasteiger partial charge in [0.15, 0.2) is 0 Å². The zero-order valence-corrected chi connectivity index (χ0v) is 14.7. The summed E-state index contributed by atoms with van der Waals surface area (Å²) in [6, 6.07) is 8.13. The van der Waals surface area contributed by atoms with E-state index >= 15 is 0 Å². The molecule has 1 aromatic heterocycles. The third-order valence-electron chi connectivity index (χ3n) is 4.07. The van der Waals surface area contributed by atoms with Gasteiger partial charge in [-0.1, -0.05) is 6.07 Å². The van der Waals surface area contributed by atoms with Crippen LogP contribution in [0.4, 0.5) is 5.69 Å². The summed E-state index contributed by atoms with van der Waals surface area (Å²) < 4.78 is 28.0. The number of hydrogen-bond donors (Lipinski definition) is 3. The van der Waals surface area contributed by atoms with Gasteiger partial charge in [0.2, 0.25) is 0 Å². The summed E-state index contributed by atoms with van der Waals surface area (Å²) in [7, 11) is -3.85. The zero-order valence-electron chi connectivity index (χ0n) is 13.9. The third-order valence-corrected chi connectivity index (χ3v) is 5.59. The number of H-pyrrole nitrogens is 2. The zero-order chi connectivity index (χ0) is 18.4. The van der Waals surface area contributed by atoms with E-state index in [9.17, 15) is 18.0 Å². The van der Waals surface area contributed by atoms with Gasteiger partial charge in [-0.2, -0.15) is 0 Å². The van der Waals surface area contributed by atoms with Crippen molar-refractivity contribution < 1.29 is 8.42 Å². The molecular weight excluding hydrogens is 342 g/mol. The van der Waals surface area contributed by atoms with Crippen LogP contribution in [0.1, 0.15) is 16.7 Å². The quantitative estimate of drug-likeness (QED) is 0.620. The number of anilines is 1.